The van der Waals surface area contributed by atoms with Crippen molar-refractivity contribution in [3.05, 3.63) is 77.0 Å². The van der Waals surface area contributed by atoms with Crippen molar-refractivity contribution in [3.8, 4) is 0 Å². The molecule has 2 aliphatic rings. The number of piperidine rings is 1. The Bertz CT molecular complexity index is 1250. The summed E-state index contributed by atoms with van der Waals surface area (Å²) >= 11 is 0. The number of carbonyl (C=O) groups excluding carboxylic acids is 2. The Balaban J connectivity index is 1.66. The van der Waals surface area contributed by atoms with E-state index in [4.69, 9.17) is 10.7 Å². The number of aromatic nitrogens is 1. The van der Waals surface area contributed by atoms with Gasteiger partial charge in [0.05, 0.1) is 22.7 Å². The average molecular weight is 440 g/mol. The smallest absolute Gasteiger partial charge is 0.254 e. The second-order valence-electron chi connectivity index (χ2n) is 9.42. The lowest BCUT2D eigenvalue weighted by Crippen LogP contribution is -2.44. The first kappa shape index (κ1) is 21.4. The molecule has 5 nitrogen and oxygen atoms in total. The third-order valence-corrected chi connectivity index (χ3v) is 6.88. The van der Waals surface area contributed by atoms with Crippen LogP contribution < -0.4 is 5.73 Å². The molecule has 2 atom stereocenters. The van der Waals surface area contributed by atoms with E-state index in [1.54, 1.807) is 0 Å². The van der Waals surface area contributed by atoms with Crippen LogP contribution in [-0.2, 0) is 11.2 Å². The Labute approximate surface area is 194 Å². The summed E-state index contributed by atoms with van der Waals surface area (Å²) in [4.78, 5) is 32.6. The van der Waals surface area contributed by atoms with Crippen molar-refractivity contribution in [2.45, 2.75) is 32.6 Å². The van der Waals surface area contributed by atoms with Gasteiger partial charge < -0.3 is 10.6 Å². The van der Waals surface area contributed by atoms with Crippen LogP contribution in [0, 0.1) is 11.8 Å². The van der Waals surface area contributed by atoms with E-state index in [9.17, 15) is 9.59 Å². The Morgan fingerprint density at radius 2 is 1.82 bits per heavy atom. The number of likely N-dealkylation sites (tertiary alicyclic amines) is 1. The Morgan fingerprint density at radius 3 is 2.61 bits per heavy atom. The second kappa shape index (κ2) is 8.81. The summed E-state index contributed by atoms with van der Waals surface area (Å²) in [6, 6.07) is 18.2. The van der Waals surface area contributed by atoms with Gasteiger partial charge in [0.25, 0.3) is 5.91 Å². The first-order chi connectivity index (χ1) is 16.0. The van der Waals surface area contributed by atoms with Gasteiger partial charge in [0.15, 0.2) is 0 Å². The number of para-hydroxylation sites is 1. The van der Waals surface area contributed by atoms with Gasteiger partial charge in [0.2, 0.25) is 5.91 Å². The van der Waals surface area contributed by atoms with Crippen LogP contribution in [0.5, 0.6) is 0 Å². The van der Waals surface area contributed by atoms with Crippen LogP contribution in [-0.4, -0.2) is 34.8 Å². The zero-order valence-electron chi connectivity index (χ0n) is 19.0. The topological polar surface area (TPSA) is 76.3 Å². The fraction of sp³-hybridized carbons (Fsp3) is 0.321. The van der Waals surface area contributed by atoms with Crippen LogP contribution >= 0.6 is 0 Å². The standard InChI is InChI=1S/C28H29N3O2/c1-18-14-21(16-19-8-3-2-4-9-19)26-23(15-18)25(22-11-5-6-12-24(22)30-26)28(33)31-13-7-10-20(17-31)27(29)32/h2-6,8-9,11-12,16,18,20H,7,10,13-15,17H2,1H3,(H2,29,32)/b21-16-. The third-order valence-electron chi connectivity index (χ3n) is 6.88. The molecule has 33 heavy (non-hydrogen) atoms. The van der Waals surface area contributed by atoms with Crippen LogP contribution in [0.1, 0.15) is 53.4 Å². The van der Waals surface area contributed by atoms with Crippen molar-refractivity contribution in [2.24, 2.45) is 17.6 Å². The van der Waals surface area contributed by atoms with Crippen LogP contribution in [0.2, 0.25) is 0 Å². The highest BCUT2D eigenvalue weighted by Crippen LogP contribution is 2.39. The monoisotopic (exact) mass is 439 g/mol. The molecule has 2 unspecified atom stereocenters. The van der Waals surface area contributed by atoms with E-state index in [-0.39, 0.29) is 17.7 Å². The van der Waals surface area contributed by atoms with E-state index in [2.05, 4.69) is 25.1 Å². The first-order valence-corrected chi connectivity index (χ1v) is 11.8. The number of carbonyl (C=O) groups is 2. The lowest BCUT2D eigenvalue weighted by atomic mass is 9.80. The molecule has 0 radical (unpaired) electrons. The van der Waals surface area contributed by atoms with Gasteiger partial charge in [-0.15, -0.1) is 0 Å². The molecule has 2 N–H and O–H groups in total. The molecule has 5 heteroatoms. The molecule has 1 aliphatic carbocycles. The lowest BCUT2D eigenvalue weighted by Gasteiger charge is -2.33. The molecule has 3 aromatic rings. The number of rotatable bonds is 3. The quantitative estimate of drug-likeness (QED) is 0.643. The van der Waals surface area contributed by atoms with Crippen molar-refractivity contribution in [3.63, 3.8) is 0 Å². The van der Waals surface area contributed by atoms with E-state index >= 15 is 0 Å². The number of benzene rings is 2. The summed E-state index contributed by atoms with van der Waals surface area (Å²) < 4.78 is 0. The summed E-state index contributed by atoms with van der Waals surface area (Å²) in [7, 11) is 0. The number of amides is 2. The summed E-state index contributed by atoms with van der Waals surface area (Å²) in [6.45, 7) is 3.27. The number of nitrogens with zero attached hydrogens (tertiary/aromatic N) is 2. The van der Waals surface area contributed by atoms with E-state index < -0.39 is 0 Å². The molecular formula is C28H29N3O2. The van der Waals surface area contributed by atoms with E-state index in [0.717, 1.165) is 59.0 Å². The molecule has 168 valence electrons. The zero-order chi connectivity index (χ0) is 22.9. The average Bonchev–Trinajstić information content (AvgIpc) is 2.83. The second-order valence-corrected chi connectivity index (χ2v) is 9.42. The number of hydrogen-bond donors (Lipinski definition) is 1. The maximum absolute atomic E-state index is 14.0. The van der Waals surface area contributed by atoms with E-state index in [0.29, 0.717) is 19.0 Å². The van der Waals surface area contributed by atoms with Gasteiger partial charge in [-0.2, -0.15) is 0 Å². The molecule has 1 fully saturated rings. The minimum Gasteiger partial charge on any atom is -0.369 e. The Hall–Kier alpha value is -3.47. The van der Waals surface area contributed by atoms with Crippen molar-refractivity contribution < 1.29 is 9.59 Å². The molecule has 2 amide bonds. The molecule has 1 aliphatic heterocycles. The molecule has 0 spiro atoms. The fourth-order valence-electron chi connectivity index (χ4n) is 5.28. The third kappa shape index (κ3) is 4.15. The molecule has 1 saturated heterocycles. The number of fused-ring (bicyclic) bond motifs is 2. The van der Waals surface area contributed by atoms with Crippen LogP contribution in [0.25, 0.3) is 22.6 Å². The van der Waals surface area contributed by atoms with Gasteiger partial charge in [0, 0.05) is 18.5 Å². The van der Waals surface area contributed by atoms with E-state index in [1.165, 1.54) is 5.57 Å². The zero-order valence-corrected chi connectivity index (χ0v) is 19.0. The number of hydrogen-bond acceptors (Lipinski definition) is 3. The van der Waals surface area contributed by atoms with Gasteiger partial charge in [0.1, 0.15) is 0 Å². The van der Waals surface area contributed by atoms with Gasteiger partial charge in [-0.3, -0.25) is 9.59 Å². The lowest BCUT2D eigenvalue weighted by molar-refractivity contribution is -0.123. The van der Waals surface area contributed by atoms with Gasteiger partial charge in [-0.05, 0) is 60.4 Å². The van der Waals surface area contributed by atoms with E-state index in [1.807, 2.05) is 47.4 Å². The first-order valence-electron chi connectivity index (χ1n) is 11.8. The summed E-state index contributed by atoms with van der Waals surface area (Å²) in [5.41, 5.74) is 11.4. The molecular weight excluding hydrogens is 410 g/mol. The molecule has 1 aromatic heterocycles. The molecule has 2 aromatic carbocycles. The predicted molar refractivity (Wildman–Crippen MR) is 131 cm³/mol. The number of pyridine rings is 1. The fourth-order valence-corrected chi connectivity index (χ4v) is 5.28. The molecule has 0 saturated carbocycles. The Morgan fingerprint density at radius 1 is 1.06 bits per heavy atom. The van der Waals surface area contributed by atoms with Crippen LogP contribution in [0.4, 0.5) is 0 Å². The highest BCUT2D eigenvalue weighted by molar-refractivity contribution is 6.09. The Kier molecular flexibility index (Phi) is 5.71. The number of primary amides is 1. The highest BCUT2D eigenvalue weighted by atomic mass is 16.2. The summed E-state index contributed by atoms with van der Waals surface area (Å²) in [6.07, 6.45) is 5.48. The minimum absolute atomic E-state index is 0.0102. The highest BCUT2D eigenvalue weighted by Gasteiger charge is 2.33. The normalized spacial score (nSPS) is 21.7. The minimum atomic E-state index is -0.323. The van der Waals surface area contributed by atoms with Crippen molar-refractivity contribution in [2.75, 3.05) is 13.1 Å². The SMILES string of the molecule is CC1C/C(=C/c2ccccc2)c2nc3ccccc3c(C(=O)N3CCCC(C(N)=O)C3)c2C1. The maximum atomic E-state index is 14.0. The molecule has 2 heterocycles. The van der Waals surface area contributed by atoms with Gasteiger partial charge in [-0.25, -0.2) is 4.98 Å². The largest absolute Gasteiger partial charge is 0.369 e. The maximum Gasteiger partial charge on any atom is 0.254 e. The molecule has 5 rings (SSSR count). The molecule has 0 bridgehead atoms. The number of nitrogens with two attached hydrogens (primary N) is 1. The van der Waals surface area contributed by atoms with Gasteiger partial charge in [-0.1, -0.05) is 55.5 Å². The van der Waals surface area contributed by atoms with Crippen molar-refractivity contribution in [1.82, 2.24) is 9.88 Å². The summed E-state index contributed by atoms with van der Waals surface area (Å²) in [5, 5.41) is 0.885. The van der Waals surface area contributed by atoms with Crippen molar-refractivity contribution >= 4 is 34.4 Å². The summed E-state index contributed by atoms with van der Waals surface area (Å²) in [5.74, 6) is -0.208. The predicted octanol–water partition coefficient (Wildman–Crippen LogP) is 4.70. The van der Waals surface area contributed by atoms with Crippen LogP contribution in [0.15, 0.2) is 54.6 Å². The number of allylic oxidation sites excluding steroid dienone is 1. The van der Waals surface area contributed by atoms with Gasteiger partial charge >= 0.3 is 0 Å². The van der Waals surface area contributed by atoms with Crippen molar-refractivity contribution in [1.29, 1.82) is 0 Å². The van der Waals surface area contributed by atoms with Crippen LogP contribution in [0.3, 0.4) is 0 Å².